The van der Waals surface area contributed by atoms with Crippen LogP contribution in [0.3, 0.4) is 0 Å². The van der Waals surface area contributed by atoms with Gasteiger partial charge in [-0.1, -0.05) is 109 Å². The SMILES string of the molecule is c1ccc(N(c2ccc3c(c2)-c2cccc4c2C32c3ccccc3-c3cccc-4c32)c2cccc3oc4ccccc4c23)cc1. The van der Waals surface area contributed by atoms with E-state index in [2.05, 4.69) is 150 Å². The molecule has 0 radical (unpaired) electrons. The maximum Gasteiger partial charge on any atom is 0.137 e. The van der Waals surface area contributed by atoms with Gasteiger partial charge in [-0.15, -0.1) is 0 Å². The first kappa shape index (κ1) is 23.6. The summed E-state index contributed by atoms with van der Waals surface area (Å²) < 4.78 is 6.34. The monoisotopic (exact) mass is 571 g/mol. The third-order valence-corrected chi connectivity index (χ3v) is 10.4. The van der Waals surface area contributed by atoms with Crippen LogP contribution in [0.1, 0.15) is 22.3 Å². The van der Waals surface area contributed by atoms with Crippen molar-refractivity contribution in [2.45, 2.75) is 5.41 Å². The quantitative estimate of drug-likeness (QED) is 0.210. The predicted octanol–water partition coefficient (Wildman–Crippen LogP) is 11.4. The largest absolute Gasteiger partial charge is 0.456 e. The average molecular weight is 572 g/mol. The number of furan rings is 1. The maximum atomic E-state index is 6.34. The van der Waals surface area contributed by atoms with Crippen LogP contribution in [0.4, 0.5) is 17.1 Å². The van der Waals surface area contributed by atoms with Crippen LogP contribution in [0.5, 0.6) is 0 Å². The van der Waals surface area contributed by atoms with Crippen LogP contribution in [0.2, 0.25) is 0 Å². The first-order chi connectivity index (χ1) is 22.3. The summed E-state index contributed by atoms with van der Waals surface area (Å²) in [5.41, 5.74) is 18.7. The summed E-state index contributed by atoms with van der Waals surface area (Å²) in [6.07, 6.45) is 0. The number of benzene rings is 7. The zero-order chi connectivity index (χ0) is 29.3. The van der Waals surface area contributed by atoms with Crippen molar-refractivity contribution in [1.29, 1.82) is 0 Å². The summed E-state index contributed by atoms with van der Waals surface area (Å²) in [7, 11) is 0. The normalized spacial score (nSPS) is 16.1. The summed E-state index contributed by atoms with van der Waals surface area (Å²) in [4.78, 5) is 2.40. The van der Waals surface area contributed by atoms with Crippen LogP contribution in [0.25, 0.3) is 55.3 Å². The Hall–Kier alpha value is -5.86. The van der Waals surface area contributed by atoms with Crippen molar-refractivity contribution in [2.24, 2.45) is 0 Å². The summed E-state index contributed by atoms with van der Waals surface area (Å²) in [6.45, 7) is 0. The van der Waals surface area contributed by atoms with Crippen LogP contribution in [-0.2, 0) is 5.41 Å². The Kier molecular flexibility index (Phi) is 4.29. The van der Waals surface area contributed by atoms with E-state index in [0.29, 0.717) is 0 Å². The number of hydrogen-bond donors (Lipinski definition) is 0. The molecule has 1 heterocycles. The van der Waals surface area contributed by atoms with Gasteiger partial charge in [-0.3, -0.25) is 0 Å². The molecule has 0 saturated heterocycles. The molecule has 1 unspecified atom stereocenters. The molecule has 1 spiro atoms. The van der Waals surface area contributed by atoms with Crippen LogP contribution in [-0.4, -0.2) is 0 Å². The van der Waals surface area contributed by atoms with E-state index in [1.807, 2.05) is 6.07 Å². The molecule has 11 rings (SSSR count). The standard InChI is InChI=1S/C43H25NO/c1-2-11-26(12-3-1)44(37-20-10-22-39-40(37)33-14-5-7-21-38(33)45-39)27-23-24-36-34(25-27)32-18-9-17-31-30-16-8-15-29-28-13-4-6-19-35(28)43(36,41(29)30)42(31)32/h1-25H. The smallest absolute Gasteiger partial charge is 0.137 e. The summed E-state index contributed by atoms with van der Waals surface area (Å²) in [5, 5.41) is 2.25. The Bertz CT molecular complexity index is 2540. The van der Waals surface area contributed by atoms with Crippen molar-refractivity contribution in [2.75, 3.05) is 4.90 Å². The van der Waals surface area contributed by atoms with Gasteiger partial charge in [0.25, 0.3) is 0 Å². The first-order valence-corrected chi connectivity index (χ1v) is 15.6. The second kappa shape index (κ2) is 8.19. The lowest BCUT2D eigenvalue weighted by atomic mass is 9.73. The van der Waals surface area contributed by atoms with Gasteiger partial charge in [-0.05, 0) is 98.1 Å². The fourth-order valence-electron chi connectivity index (χ4n) is 8.83. The lowest BCUT2D eigenvalue weighted by Crippen LogP contribution is -2.23. The van der Waals surface area contributed by atoms with Gasteiger partial charge in [0.2, 0.25) is 0 Å². The molecule has 0 saturated carbocycles. The Labute approximate surface area is 260 Å². The molecule has 3 aliphatic carbocycles. The summed E-state index contributed by atoms with van der Waals surface area (Å²) in [5.74, 6) is 0. The van der Waals surface area contributed by atoms with Crippen molar-refractivity contribution < 1.29 is 4.42 Å². The van der Waals surface area contributed by atoms with Gasteiger partial charge in [0.05, 0.1) is 16.5 Å². The molecule has 0 N–H and O–H groups in total. The van der Waals surface area contributed by atoms with E-state index >= 15 is 0 Å². The molecule has 2 nitrogen and oxygen atoms in total. The molecule has 1 atom stereocenters. The van der Waals surface area contributed by atoms with E-state index in [9.17, 15) is 0 Å². The molecule has 7 aromatic carbocycles. The van der Waals surface area contributed by atoms with E-state index in [4.69, 9.17) is 4.42 Å². The Morgan fingerprint density at radius 3 is 1.84 bits per heavy atom. The number of hydrogen-bond acceptors (Lipinski definition) is 2. The highest BCUT2D eigenvalue weighted by molar-refractivity contribution is 6.14. The third kappa shape index (κ3) is 2.73. The molecular weight excluding hydrogens is 546 g/mol. The zero-order valence-corrected chi connectivity index (χ0v) is 24.3. The van der Waals surface area contributed by atoms with E-state index in [-0.39, 0.29) is 5.41 Å². The van der Waals surface area contributed by atoms with E-state index in [1.54, 1.807) is 0 Å². The van der Waals surface area contributed by atoms with Crippen molar-refractivity contribution in [1.82, 2.24) is 0 Å². The number of fused-ring (bicyclic) bond motifs is 8. The van der Waals surface area contributed by atoms with Crippen molar-refractivity contribution in [3.05, 3.63) is 174 Å². The average Bonchev–Trinajstić information content (AvgIpc) is 3.81. The minimum Gasteiger partial charge on any atom is -0.456 e. The van der Waals surface area contributed by atoms with Gasteiger partial charge in [-0.25, -0.2) is 0 Å². The molecule has 1 aromatic heterocycles. The van der Waals surface area contributed by atoms with Crippen molar-refractivity contribution in [3.8, 4) is 33.4 Å². The van der Waals surface area contributed by atoms with Crippen LogP contribution < -0.4 is 4.90 Å². The number of rotatable bonds is 3. The Morgan fingerprint density at radius 1 is 0.422 bits per heavy atom. The van der Waals surface area contributed by atoms with E-state index < -0.39 is 0 Å². The van der Waals surface area contributed by atoms with Crippen LogP contribution in [0, 0.1) is 0 Å². The van der Waals surface area contributed by atoms with Gasteiger partial charge in [0.1, 0.15) is 11.2 Å². The third-order valence-electron chi connectivity index (χ3n) is 10.4. The van der Waals surface area contributed by atoms with Crippen molar-refractivity contribution >= 4 is 39.0 Å². The fraction of sp³-hybridized carbons (Fsp3) is 0.0233. The Balaban J connectivity index is 1.22. The molecule has 208 valence electrons. The molecule has 0 bridgehead atoms. The highest BCUT2D eigenvalue weighted by Crippen LogP contribution is 2.70. The Morgan fingerprint density at radius 2 is 1.02 bits per heavy atom. The molecule has 8 aromatic rings. The highest BCUT2D eigenvalue weighted by atomic mass is 16.3. The summed E-state index contributed by atoms with van der Waals surface area (Å²) >= 11 is 0. The van der Waals surface area contributed by atoms with Gasteiger partial charge in [0.15, 0.2) is 0 Å². The number of nitrogens with zero attached hydrogens (tertiary/aromatic N) is 1. The second-order valence-electron chi connectivity index (χ2n) is 12.4. The first-order valence-electron chi connectivity index (χ1n) is 15.6. The predicted molar refractivity (Wildman–Crippen MR) is 184 cm³/mol. The lowest BCUT2D eigenvalue weighted by Gasteiger charge is -2.29. The molecule has 3 aliphatic rings. The second-order valence-corrected chi connectivity index (χ2v) is 12.4. The number of para-hydroxylation sites is 2. The topological polar surface area (TPSA) is 16.4 Å². The maximum absolute atomic E-state index is 6.34. The van der Waals surface area contributed by atoms with Gasteiger partial charge in [-0.2, -0.15) is 0 Å². The lowest BCUT2D eigenvalue weighted by molar-refractivity contribution is 0.669. The summed E-state index contributed by atoms with van der Waals surface area (Å²) in [6, 6.07) is 55.4. The van der Waals surface area contributed by atoms with Crippen molar-refractivity contribution in [3.63, 3.8) is 0 Å². The van der Waals surface area contributed by atoms with E-state index in [1.165, 1.54) is 55.6 Å². The number of anilines is 3. The molecule has 0 amide bonds. The molecule has 45 heavy (non-hydrogen) atoms. The minimum atomic E-state index is -0.277. The van der Waals surface area contributed by atoms with Gasteiger partial charge >= 0.3 is 0 Å². The molecule has 0 aliphatic heterocycles. The van der Waals surface area contributed by atoms with Gasteiger partial charge in [0, 0.05) is 16.8 Å². The van der Waals surface area contributed by atoms with Crippen LogP contribution >= 0.6 is 0 Å². The highest BCUT2D eigenvalue weighted by Gasteiger charge is 2.57. The zero-order valence-electron chi connectivity index (χ0n) is 24.3. The minimum absolute atomic E-state index is 0.277. The fourth-order valence-corrected chi connectivity index (χ4v) is 8.83. The molecular formula is C43H25NO. The molecule has 0 fully saturated rings. The van der Waals surface area contributed by atoms with Gasteiger partial charge < -0.3 is 9.32 Å². The molecule has 2 heteroatoms. The van der Waals surface area contributed by atoms with E-state index in [0.717, 1.165) is 39.0 Å². The van der Waals surface area contributed by atoms with Crippen LogP contribution in [0.15, 0.2) is 156 Å².